The van der Waals surface area contributed by atoms with Gasteiger partial charge in [0.2, 0.25) is 5.91 Å². The fourth-order valence-corrected chi connectivity index (χ4v) is 2.96. The van der Waals surface area contributed by atoms with Crippen molar-refractivity contribution in [3.63, 3.8) is 0 Å². The van der Waals surface area contributed by atoms with Crippen molar-refractivity contribution in [1.29, 1.82) is 0 Å². The molecule has 0 heterocycles. The predicted octanol–water partition coefficient (Wildman–Crippen LogP) is 4.91. The number of benzene rings is 3. The van der Waals surface area contributed by atoms with Crippen LogP contribution in [-0.4, -0.2) is 25.5 Å². The maximum Gasteiger partial charge on any atom is 0.416 e. The summed E-state index contributed by atoms with van der Waals surface area (Å²) < 4.78 is 48.6. The van der Waals surface area contributed by atoms with Crippen molar-refractivity contribution in [2.24, 2.45) is 0 Å². The first-order valence-corrected chi connectivity index (χ1v) is 9.86. The molecule has 0 radical (unpaired) electrons. The zero-order valence-corrected chi connectivity index (χ0v) is 17.6. The predicted molar refractivity (Wildman–Crippen MR) is 117 cm³/mol. The van der Waals surface area contributed by atoms with Crippen LogP contribution in [0.25, 0.3) is 0 Å². The standard InChI is InChI=1S/C24H21F3N2O4/c1-32-20-7-2-3-8-21(20)33-15-23(31)29-19-6-4-5-18(14-19)28-22(30)13-16-9-11-17(12-10-16)24(25,26)27/h2-12,14H,13,15H2,1H3,(H,28,30)(H,29,31). The van der Waals surface area contributed by atoms with Gasteiger partial charge in [-0.15, -0.1) is 0 Å². The Bertz CT molecular complexity index is 1120. The number of ether oxygens (including phenoxy) is 2. The summed E-state index contributed by atoms with van der Waals surface area (Å²) in [5.41, 5.74) is 0.537. The molecular formula is C24H21F3N2O4. The lowest BCUT2D eigenvalue weighted by molar-refractivity contribution is -0.137. The van der Waals surface area contributed by atoms with E-state index in [-0.39, 0.29) is 13.0 Å². The molecule has 0 atom stereocenters. The molecule has 0 saturated carbocycles. The number of hydrogen-bond acceptors (Lipinski definition) is 4. The molecular weight excluding hydrogens is 437 g/mol. The monoisotopic (exact) mass is 458 g/mol. The van der Waals surface area contributed by atoms with Crippen molar-refractivity contribution < 1.29 is 32.2 Å². The van der Waals surface area contributed by atoms with E-state index in [1.165, 1.54) is 19.2 Å². The van der Waals surface area contributed by atoms with Gasteiger partial charge in [0, 0.05) is 11.4 Å². The first kappa shape index (κ1) is 23.6. The lowest BCUT2D eigenvalue weighted by atomic mass is 10.1. The summed E-state index contributed by atoms with van der Waals surface area (Å²) in [7, 11) is 1.50. The molecule has 0 aliphatic heterocycles. The molecule has 3 aromatic rings. The molecule has 2 amide bonds. The second kappa shape index (κ2) is 10.5. The van der Waals surface area contributed by atoms with E-state index >= 15 is 0 Å². The van der Waals surface area contributed by atoms with Gasteiger partial charge in [-0.1, -0.05) is 30.3 Å². The van der Waals surface area contributed by atoms with Gasteiger partial charge in [0.1, 0.15) is 0 Å². The summed E-state index contributed by atoms with van der Waals surface area (Å²) in [6.07, 6.45) is -4.52. The van der Waals surface area contributed by atoms with Gasteiger partial charge in [-0.2, -0.15) is 13.2 Å². The second-order valence-electron chi connectivity index (χ2n) is 6.99. The van der Waals surface area contributed by atoms with Crippen LogP contribution in [0, 0.1) is 0 Å². The number of halogens is 3. The molecule has 0 bridgehead atoms. The third-order valence-electron chi connectivity index (χ3n) is 4.50. The van der Waals surface area contributed by atoms with Crippen LogP contribution in [-0.2, 0) is 22.2 Å². The molecule has 3 aromatic carbocycles. The molecule has 172 valence electrons. The van der Waals surface area contributed by atoms with Crippen LogP contribution in [0.3, 0.4) is 0 Å². The van der Waals surface area contributed by atoms with Gasteiger partial charge in [0.25, 0.3) is 5.91 Å². The molecule has 9 heteroatoms. The van der Waals surface area contributed by atoms with Gasteiger partial charge < -0.3 is 20.1 Å². The van der Waals surface area contributed by atoms with Crippen LogP contribution in [0.2, 0.25) is 0 Å². The molecule has 0 aliphatic carbocycles. The number of hydrogen-bond donors (Lipinski definition) is 2. The number of rotatable bonds is 8. The maximum atomic E-state index is 12.6. The maximum absolute atomic E-state index is 12.6. The number of anilines is 2. The number of nitrogens with one attached hydrogen (secondary N) is 2. The van der Waals surface area contributed by atoms with E-state index in [0.29, 0.717) is 28.4 Å². The quantitative estimate of drug-likeness (QED) is 0.503. The molecule has 6 nitrogen and oxygen atoms in total. The van der Waals surface area contributed by atoms with Crippen molar-refractivity contribution in [3.8, 4) is 11.5 Å². The Kier molecular flexibility index (Phi) is 7.55. The van der Waals surface area contributed by atoms with E-state index in [1.54, 1.807) is 48.5 Å². The Labute approximate surface area is 188 Å². The summed E-state index contributed by atoms with van der Waals surface area (Å²) in [4.78, 5) is 24.5. The molecule has 0 fully saturated rings. The van der Waals surface area contributed by atoms with Crippen LogP contribution in [0.4, 0.5) is 24.5 Å². The molecule has 0 spiro atoms. The van der Waals surface area contributed by atoms with Gasteiger partial charge >= 0.3 is 6.18 Å². The minimum absolute atomic E-state index is 0.0958. The first-order chi connectivity index (χ1) is 15.7. The highest BCUT2D eigenvalue weighted by atomic mass is 19.4. The van der Waals surface area contributed by atoms with Crippen LogP contribution in [0.15, 0.2) is 72.8 Å². The summed E-state index contributed by atoms with van der Waals surface area (Å²) in [6.45, 7) is -0.245. The molecule has 0 saturated heterocycles. The number of para-hydroxylation sites is 2. The summed E-state index contributed by atoms with van der Waals surface area (Å²) in [6, 6.07) is 17.8. The molecule has 2 N–H and O–H groups in total. The van der Waals surface area contributed by atoms with Gasteiger partial charge in [-0.3, -0.25) is 9.59 Å². The van der Waals surface area contributed by atoms with Gasteiger partial charge in [0.15, 0.2) is 18.1 Å². The minimum atomic E-state index is -4.43. The fraction of sp³-hybridized carbons (Fsp3) is 0.167. The van der Waals surface area contributed by atoms with Crippen LogP contribution >= 0.6 is 0 Å². The third-order valence-corrected chi connectivity index (χ3v) is 4.50. The number of methoxy groups -OCH3 is 1. The van der Waals surface area contributed by atoms with Crippen LogP contribution < -0.4 is 20.1 Å². The average Bonchev–Trinajstić information content (AvgIpc) is 2.78. The first-order valence-electron chi connectivity index (χ1n) is 9.86. The number of alkyl halides is 3. The summed E-state index contributed by atoms with van der Waals surface area (Å²) in [5, 5.41) is 5.33. The van der Waals surface area contributed by atoms with Gasteiger partial charge in [-0.25, -0.2) is 0 Å². The van der Waals surface area contributed by atoms with Crippen molar-refractivity contribution in [2.75, 3.05) is 24.4 Å². The molecule has 33 heavy (non-hydrogen) atoms. The average molecular weight is 458 g/mol. The van der Waals surface area contributed by atoms with Crippen LogP contribution in [0.1, 0.15) is 11.1 Å². The summed E-state index contributed by atoms with van der Waals surface area (Å²) >= 11 is 0. The van der Waals surface area contributed by atoms with Gasteiger partial charge in [0.05, 0.1) is 19.1 Å². The fourth-order valence-electron chi connectivity index (χ4n) is 2.96. The Morgan fingerprint density at radius 3 is 2.03 bits per heavy atom. The highest BCUT2D eigenvalue weighted by molar-refractivity contribution is 5.95. The van der Waals surface area contributed by atoms with E-state index in [9.17, 15) is 22.8 Å². The lowest BCUT2D eigenvalue weighted by Gasteiger charge is -2.11. The summed E-state index contributed by atoms with van der Waals surface area (Å²) in [5.74, 6) is 0.120. The zero-order valence-electron chi connectivity index (χ0n) is 17.6. The number of carbonyl (C=O) groups is 2. The topological polar surface area (TPSA) is 76.7 Å². The molecule has 3 rings (SSSR count). The van der Waals surface area contributed by atoms with E-state index in [0.717, 1.165) is 12.1 Å². The smallest absolute Gasteiger partial charge is 0.416 e. The number of amides is 2. The normalized spacial score (nSPS) is 10.9. The Morgan fingerprint density at radius 1 is 0.818 bits per heavy atom. The van der Waals surface area contributed by atoms with Crippen LogP contribution in [0.5, 0.6) is 11.5 Å². The van der Waals surface area contributed by atoms with Crippen molar-refractivity contribution >= 4 is 23.2 Å². The Balaban J connectivity index is 1.53. The SMILES string of the molecule is COc1ccccc1OCC(=O)Nc1cccc(NC(=O)Cc2ccc(C(F)(F)F)cc2)c1. The highest BCUT2D eigenvalue weighted by Crippen LogP contribution is 2.29. The van der Waals surface area contributed by atoms with Crippen molar-refractivity contribution in [3.05, 3.63) is 83.9 Å². The zero-order chi connectivity index (χ0) is 23.8. The minimum Gasteiger partial charge on any atom is -0.493 e. The van der Waals surface area contributed by atoms with Crippen molar-refractivity contribution in [1.82, 2.24) is 0 Å². The van der Waals surface area contributed by atoms with Gasteiger partial charge in [-0.05, 0) is 48.0 Å². The van der Waals surface area contributed by atoms with E-state index < -0.39 is 23.6 Å². The van der Waals surface area contributed by atoms with Crippen molar-refractivity contribution in [2.45, 2.75) is 12.6 Å². The van der Waals surface area contributed by atoms with E-state index in [4.69, 9.17) is 9.47 Å². The Hall–Kier alpha value is -4.01. The van der Waals surface area contributed by atoms with E-state index in [2.05, 4.69) is 10.6 Å². The second-order valence-corrected chi connectivity index (χ2v) is 6.99. The largest absolute Gasteiger partial charge is 0.493 e. The highest BCUT2D eigenvalue weighted by Gasteiger charge is 2.29. The third kappa shape index (κ3) is 6.99. The Morgan fingerprint density at radius 2 is 1.42 bits per heavy atom. The number of carbonyl (C=O) groups excluding carboxylic acids is 2. The molecule has 0 aliphatic rings. The lowest BCUT2D eigenvalue weighted by Crippen LogP contribution is -2.20. The molecule has 0 unspecified atom stereocenters. The van der Waals surface area contributed by atoms with E-state index in [1.807, 2.05) is 0 Å². The molecule has 0 aromatic heterocycles.